The first-order valence-corrected chi connectivity index (χ1v) is 20.8. The molecule has 4 heteroatoms. The maximum atomic E-state index is 13.7. The van der Waals surface area contributed by atoms with Crippen molar-refractivity contribution in [1.29, 1.82) is 0 Å². The predicted octanol–water partition coefficient (Wildman–Crippen LogP) is 7.89. The Labute approximate surface area is 198 Å². The summed E-state index contributed by atoms with van der Waals surface area (Å²) < 4.78 is 17.6. The van der Waals surface area contributed by atoms with Gasteiger partial charge in [0.25, 0.3) is 0 Å². The fraction of sp³-hybridized carbons (Fsp3) is 0.889. The van der Waals surface area contributed by atoms with Crippen LogP contribution in [-0.4, -0.2) is 50.1 Å². The quantitative estimate of drug-likeness (QED) is 0.138. The summed E-state index contributed by atoms with van der Waals surface area (Å²) in [6.07, 6.45) is 15.1. The third-order valence-electron chi connectivity index (χ3n) is 7.50. The van der Waals surface area contributed by atoms with E-state index in [0.717, 1.165) is 38.9 Å². The maximum absolute atomic E-state index is 13.7. The normalized spacial score (nSPS) is 19.9. The minimum atomic E-state index is -2.72. The number of rotatable bonds is 17. The van der Waals surface area contributed by atoms with Crippen molar-refractivity contribution in [1.82, 2.24) is 0 Å². The third-order valence-corrected chi connectivity index (χ3v) is 23.8. The second-order valence-corrected chi connectivity index (χ2v) is 23.2. The standard InChI is InChI=1S/C15H25O3.3C4H9.Sn/c1-4-5-10-15(2,17-3)14(16)9-8-13-7-6-11-18-12-13;3*1-3-4-2;/h9,13H,4-7,10-12H2,1-3H3;3*1,3-4H2,2H3;/t13-,15+;;;;/m0..../s1. The molecular weight excluding hydrogens is 491 g/mol. The van der Waals surface area contributed by atoms with Crippen LogP contribution in [0.4, 0.5) is 0 Å². The van der Waals surface area contributed by atoms with Crippen LogP contribution >= 0.6 is 0 Å². The van der Waals surface area contributed by atoms with E-state index >= 15 is 0 Å². The average molecular weight is 543 g/mol. The summed E-state index contributed by atoms with van der Waals surface area (Å²) >= 11 is -2.72. The number of ketones is 1. The van der Waals surface area contributed by atoms with Crippen LogP contribution in [0, 0.1) is 5.92 Å². The molecule has 0 unspecified atom stereocenters. The molecule has 1 heterocycles. The monoisotopic (exact) mass is 544 g/mol. The van der Waals surface area contributed by atoms with Crippen LogP contribution in [0.3, 0.4) is 0 Å². The van der Waals surface area contributed by atoms with Gasteiger partial charge in [-0.05, 0) is 0 Å². The Hall–Kier alpha value is 0.129. The molecule has 0 radical (unpaired) electrons. The molecular formula is C27H52O3Sn. The van der Waals surface area contributed by atoms with Crippen molar-refractivity contribution in [3.8, 4) is 0 Å². The first kappa shape index (κ1) is 29.2. The van der Waals surface area contributed by atoms with Gasteiger partial charge in [0, 0.05) is 0 Å². The Bertz CT molecular complexity index is 503. The van der Waals surface area contributed by atoms with Crippen molar-refractivity contribution in [2.24, 2.45) is 5.92 Å². The van der Waals surface area contributed by atoms with E-state index in [1.165, 1.54) is 58.3 Å². The van der Waals surface area contributed by atoms with Gasteiger partial charge < -0.3 is 0 Å². The van der Waals surface area contributed by atoms with E-state index < -0.39 is 24.0 Å². The van der Waals surface area contributed by atoms with Gasteiger partial charge in [0.05, 0.1) is 0 Å². The molecule has 1 rings (SSSR count). The van der Waals surface area contributed by atoms with Crippen LogP contribution in [0.15, 0.2) is 9.67 Å². The number of hydrogen-bond donors (Lipinski definition) is 0. The van der Waals surface area contributed by atoms with Crippen LogP contribution in [0.2, 0.25) is 13.3 Å². The number of unbranched alkanes of at least 4 members (excludes halogenated alkanes) is 4. The molecule has 0 bridgehead atoms. The average Bonchev–Trinajstić information content (AvgIpc) is 2.81. The van der Waals surface area contributed by atoms with E-state index in [1.54, 1.807) is 10.7 Å². The van der Waals surface area contributed by atoms with Gasteiger partial charge in [-0.3, -0.25) is 0 Å². The Kier molecular flexibility index (Phi) is 14.9. The summed E-state index contributed by atoms with van der Waals surface area (Å²) in [6, 6.07) is 0. The summed E-state index contributed by atoms with van der Waals surface area (Å²) in [5.74, 6) is 0.681. The first-order chi connectivity index (χ1) is 14.9. The third kappa shape index (κ3) is 9.12. The molecule has 3 nitrogen and oxygen atoms in total. The number of methoxy groups -OCH3 is 1. The number of ether oxygens (including phenoxy) is 2. The zero-order valence-electron chi connectivity index (χ0n) is 21.7. The van der Waals surface area contributed by atoms with Gasteiger partial charge in [-0.15, -0.1) is 0 Å². The summed E-state index contributed by atoms with van der Waals surface area (Å²) in [4.78, 5) is 13.7. The molecule has 182 valence electrons. The Morgan fingerprint density at radius 2 is 1.55 bits per heavy atom. The van der Waals surface area contributed by atoms with Crippen LogP contribution < -0.4 is 0 Å². The van der Waals surface area contributed by atoms with Gasteiger partial charge in [0.2, 0.25) is 0 Å². The minimum absolute atomic E-state index is 0.217. The van der Waals surface area contributed by atoms with Crippen molar-refractivity contribution in [2.45, 2.75) is 124 Å². The molecule has 0 amide bonds. The molecule has 0 aliphatic carbocycles. The number of hydrogen-bond acceptors (Lipinski definition) is 3. The molecule has 1 fully saturated rings. The van der Waals surface area contributed by atoms with Crippen molar-refractivity contribution in [3.05, 3.63) is 9.67 Å². The summed E-state index contributed by atoms with van der Waals surface area (Å²) in [7, 11) is 1.71. The molecule has 1 saturated heterocycles. The van der Waals surface area contributed by atoms with Gasteiger partial charge in [-0.25, -0.2) is 0 Å². The molecule has 31 heavy (non-hydrogen) atoms. The molecule has 1 aliphatic heterocycles. The van der Waals surface area contributed by atoms with Gasteiger partial charge in [-0.2, -0.15) is 0 Å². The van der Waals surface area contributed by atoms with E-state index in [2.05, 4.69) is 33.8 Å². The second kappa shape index (κ2) is 15.9. The zero-order valence-corrected chi connectivity index (χ0v) is 24.5. The molecule has 0 saturated carbocycles. The van der Waals surface area contributed by atoms with Crippen LogP contribution in [-0.2, 0) is 14.3 Å². The zero-order chi connectivity index (χ0) is 23.2. The van der Waals surface area contributed by atoms with E-state index in [9.17, 15) is 4.79 Å². The Morgan fingerprint density at radius 1 is 1.00 bits per heavy atom. The molecule has 0 N–H and O–H groups in total. The molecule has 0 aromatic heterocycles. The SMILES string of the molecule is CCCC[C@@](C)(OC)C(=O)C=[C]([C@@H]1CCCOC1)[Sn]([CH2]CCC)([CH2]CCC)[CH2]CCC. The van der Waals surface area contributed by atoms with E-state index in [1.807, 2.05) is 6.92 Å². The molecule has 0 aromatic carbocycles. The van der Waals surface area contributed by atoms with Gasteiger partial charge >= 0.3 is 198 Å². The van der Waals surface area contributed by atoms with E-state index in [-0.39, 0.29) is 5.78 Å². The number of carbonyl (C=O) groups is 1. The van der Waals surface area contributed by atoms with Crippen LogP contribution in [0.5, 0.6) is 0 Å². The van der Waals surface area contributed by atoms with Gasteiger partial charge in [-0.1, -0.05) is 0 Å². The van der Waals surface area contributed by atoms with Crippen molar-refractivity contribution >= 4 is 24.2 Å². The fourth-order valence-electron chi connectivity index (χ4n) is 5.18. The molecule has 2 atom stereocenters. The fourth-order valence-corrected chi connectivity index (χ4v) is 23.0. The van der Waals surface area contributed by atoms with Crippen LogP contribution in [0.1, 0.15) is 105 Å². The summed E-state index contributed by atoms with van der Waals surface area (Å²) in [6.45, 7) is 12.9. The van der Waals surface area contributed by atoms with E-state index in [0.29, 0.717) is 5.92 Å². The Balaban J connectivity index is 3.46. The predicted molar refractivity (Wildman–Crippen MR) is 136 cm³/mol. The molecule has 0 spiro atoms. The van der Waals surface area contributed by atoms with Gasteiger partial charge in [0.1, 0.15) is 0 Å². The first-order valence-electron chi connectivity index (χ1n) is 13.3. The van der Waals surface area contributed by atoms with Crippen molar-refractivity contribution < 1.29 is 14.3 Å². The van der Waals surface area contributed by atoms with E-state index in [4.69, 9.17) is 9.47 Å². The van der Waals surface area contributed by atoms with Crippen molar-refractivity contribution in [2.75, 3.05) is 20.3 Å². The topological polar surface area (TPSA) is 35.5 Å². The van der Waals surface area contributed by atoms with Crippen molar-refractivity contribution in [3.63, 3.8) is 0 Å². The molecule has 0 aromatic rings. The second-order valence-electron chi connectivity index (χ2n) is 10.0. The molecule has 1 aliphatic rings. The summed E-state index contributed by atoms with van der Waals surface area (Å²) in [5.41, 5.74) is -0.686. The van der Waals surface area contributed by atoms with Crippen LogP contribution in [0.25, 0.3) is 0 Å². The number of carbonyl (C=O) groups excluding carboxylic acids is 1. The van der Waals surface area contributed by atoms with Gasteiger partial charge in [0.15, 0.2) is 0 Å². The Morgan fingerprint density at radius 3 is 1.97 bits per heavy atom. The summed E-state index contributed by atoms with van der Waals surface area (Å²) in [5, 5.41) is 0.